The van der Waals surface area contributed by atoms with Crippen molar-refractivity contribution in [3.8, 4) is 11.5 Å². The van der Waals surface area contributed by atoms with Crippen LogP contribution < -0.4 is 14.8 Å². The Morgan fingerprint density at radius 3 is 2.64 bits per heavy atom. The Balaban J connectivity index is 1.77. The van der Waals surface area contributed by atoms with Crippen LogP contribution >= 0.6 is 0 Å². The van der Waals surface area contributed by atoms with E-state index in [1.165, 1.54) is 0 Å². The molecule has 1 amide bonds. The molecule has 0 unspecified atom stereocenters. The molecular formula is C18H19NO3. The van der Waals surface area contributed by atoms with Crippen LogP contribution in [0.25, 0.3) is 0 Å². The van der Waals surface area contributed by atoms with Crippen molar-refractivity contribution in [3.63, 3.8) is 0 Å². The van der Waals surface area contributed by atoms with Crippen molar-refractivity contribution in [2.75, 3.05) is 13.7 Å². The summed E-state index contributed by atoms with van der Waals surface area (Å²) in [5.74, 6) is 1.73. The molecule has 1 atom stereocenters. The highest BCUT2D eigenvalue weighted by Crippen LogP contribution is 2.33. The van der Waals surface area contributed by atoms with Crippen molar-refractivity contribution < 1.29 is 14.3 Å². The second-order valence-corrected chi connectivity index (χ2v) is 5.39. The highest BCUT2D eigenvalue weighted by Gasteiger charge is 2.23. The lowest BCUT2D eigenvalue weighted by molar-refractivity contribution is -0.119. The van der Waals surface area contributed by atoms with E-state index >= 15 is 0 Å². The summed E-state index contributed by atoms with van der Waals surface area (Å²) in [6.45, 7) is 1.17. The number of rotatable bonds is 5. The minimum atomic E-state index is 0.104. The average molecular weight is 297 g/mol. The van der Waals surface area contributed by atoms with Crippen LogP contribution in [0, 0.1) is 0 Å². The lowest BCUT2D eigenvalue weighted by Crippen LogP contribution is -2.13. The summed E-state index contributed by atoms with van der Waals surface area (Å²) in [5, 5.41) is 2.86. The molecule has 0 spiro atoms. The standard InChI is InChI=1S/C18H19NO3/c1-21-16-8-7-14(15-10-18(20)19-11-15)9-17(16)22-12-13-5-3-2-4-6-13/h2-9,15H,10-12H2,1H3,(H,19,20)/t15-/m1/s1. The summed E-state index contributed by atoms with van der Waals surface area (Å²) in [6, 6.07) is 15.9. The fourth-order valence-electron chi connectivity index (χ4n) is 2.64. The molecule has 0 aromatic heterocycles. The van der Waals surface area contributed by atoms with Gasteiger partial charge in [0.2, 0.25) is 5.91 Å². The SMILES string of the molecule is COc1ccc([C@H]2CNC(=O)C2)cc1OCc1ccccc1. The van der Waals surface area contributed by atoms with Crippen molar-refractivity contribution in [1.29, 1.82) is 0 Å². The fraction of sp³-hybridized carbons (Fsp3) is 0.278. The van der Waals surface area contributed by atoms with Gasteiger partial charge in [-0.3, -0.25) is 4.79 Å². The fourth-order valence-corrected chi connectivity index (χ4v) is 2.64. The number of hydrogen-bond acceptors (Lipinski definition) is 3. The molecule has 4 heteroatoms. The van der Waals surface area contributed by atoms with Crippen molar-refractivity contribution in [1.82, 2.24) is 5.32 Å². The molecule has 1 fully saturated rings. The van der Waals surface area contributed by atoms with Crippen LogP contribution in [0.4, 0.5) is 0 Å². The molecule has 1 heterocycles. The molecular weight excluding hydrogens is 278 g/mol. The minimum absolute atomic E-state index is 0.104. The number of amides is 1. The molecule has 1 aliphatic rings. The smallest absolute Gasteiger partial charge is 0.220 e. The summed E-state index contributed by atoms with van der Waals surface area (Å²) in [5.41, 5.74) is 2.20. The van der Waals surface area contributed by atoms with Crippen LogP contribution in [-0.4, -0.2) is 19.6 Å². The van der Waals surface area contributed by atoms with E-state index in [9.17, 15) is 4.79 Å². The summed E-state index contributed by atoms with van der Waals surface area (Å²) in [7, 11) is 1.63. The quantitative estimate of drug-likeness (QED) is 0.923. The van der Waals surface area contributed by atoms with Gasteiger partial charge in [0, 0.05) is 18.9 Å². The van der Waals surface area contributed by atoms with E-state index in [0.29, 0.717) is 31.1 Å². The molecule has 1 N–H and O–H groups in total. The molecule has 114 valence electrons. The molecule has 1 saturated heterocycles. The second kappa shape index (κ2) is 6.52. The monoisotopic (exact) mass is 297 g/mol. The van der Waals surface area contributed by atoms with E-state index < -0.39 is 0 Å². The van der Waals surface area contributed by atoms with Gasteiger partial charge in [-0.05, 0) is 23.3 Å². The second-order valence-electron chi connectivity index (χ2n) is 5.39. The van der Waals surface area contributed by atoms with Gasteiger partial charge in [-0.15, -0.1) is 0 Å². The topological polar surface area (TPSA) is 47.6 Å². The van der Waals surface area contributed by atoms with Gasteiger partial charge in [-0.2, -0.15) is 0 Å². The van der Waals surface area contributed by atoms with Crippen LogP contribution in [0.2, 0.25) is 0 Å². The van der Waals surface area contributed by atoms with Gasteiger partial charge in [-0.25, -0.2) is 0 Å². The highest BCUT2D eigenvalue weighted by molar-refractivity contribution is 5.79. The molecule has 22 heavy (non-hydrogen) atoms. The van der Waals surface area contributed by atoms with E-state index in [-0.39, 0.29) is 11.8 Å². The van der Waals surface area contributed by atoms with Crippen LogP contribution in [0.1, 0.15) is 23.5 Å². The zero-order valence-corrected chi connectivity index (χ0v) is 12.5. The third-order valence-corrected chi connectivity index (χ3v) is 3.87. The first kappa shape index (κ1) is 14.4. The van der Waals surface area contributed by atoms with Gasteiger partial charge in [0.15, 0.2) is 11.5 Å². The van der Waals surface area contributed by atoms with Crippen LogP contribution in [0.3, 0.4) is 0 Å². The maximum Gasteiger partial charge on any atom is 0.220 e. The normalized spacial score (nSPS) is 17.1. The Labute approximate surface area is 130 Å². The molecule has 4 nitrogen and oxygen atoms in total. The maximum absolute atomic E-state index is 11.4. The first-order chi connectivity index (χ1) is 10.8. The van der Waals surface area contributed by atoms with Crippen LogP contribution in [-0.2, 0) is 11.4 Å². The van der Waals surface area contributed by atoms with Gasteiger partial charge >= 0.3 is 0 Å². The molecule has 0 bridgehead atoms. The Kier molecular flexibility index (Phi) is 4.28. The van der Waals surface area contributed by atoms with Crippen LogP contribution in [0.15, 0.2) is 48.5 Å². The van der Waals surface area contributed by atoms with Gasteiger partial charge in [-0.1, -0.05) is 36.4 Å². The molecule has 1 aliphatic heterocycles. The van der Waals surface area contributed by atoms with Crippen molar-refractivity contribution >= 4 is 5.91 Å². The summed E-state index contributed by atoms with van der Waals surface area (Å²) >= 11 is 0. The van der Waals surface area contributed by atoms with E-state index in [1.807, 2.05) is 48.5 Å². The predicted octanol–water partition coefficient (Wildman–Crippen LogP) is 2.88. The molecule has 3 rings (SSSR count). The van der Waals surface area contributed by atoms with E-state index in [2.05, 4.69) is 5.32 Å². The molecule has 0 saturated carbocycles. The van der Waals surface area contributed by atoms with E-state index in [1.54, 1.807) is 7.11 Å². The number of hydrogen-bond donors (Lipinski definition) is 1. The summed E-state index contributed by atoms with van der Waals surface area (Å²) < 4.78 is 11.3. The Morgan fingerprint density at radius 1 is 1.14 bits per heavy atom. The molecule has 0 radical (unpaired) electrons. The Bertz CT molecular complexity index is 655. The lowest BCUT2D eigenvalue weighted by atomic mass is 9.98. The van der Waals surface area contributed by atoms with Gasteiger partial charge in [0.25, 0.3) is 0 Å². The third kappa shape index (κ3) is 3.22. The van der Waals surface area contributed by atoms with Gasteiger partial charge < -0.3 is 14.8 Å². The van der Waals surface area contributed by atoms with Gasteiger partial charge in [0.05, 0.1) is 7.11 Å². The molecule has 2 aromatic carbocycles. The number of benzene rings is 2. The summed E-state index contributed by atoms with van der Waals surface area (Å²) in [4.78, 5) is 11.4. The zero-order chi connectivity index (χ0) is 15.4. The van der Waals surface area contributed by atoms with E-state index in [4.69, 9.17) is 9.47 Å². The largest absolute Gasteiger partial charge is 0.493 e. The van der Waals surface area contributed by atoms with Crippen LogP contribution in [0.5, 0.6) is 11.5 Å². The van der Waals surface area contributed by atoms with E-state index in [0.717, 1.165) is 11.1 Å². The Morgan fingerprint density at radius 2 is 1.95 bits per heavy atom. The Hall–Kier alpha value is -2.49. The number of ether oxygens (including phenoxy) is 2. The average Bonchev–Trinajstić information content (AvgIpc) is 3.00. The first-order valence-corrected chi connectivity index (χ1v) is 7.37. The third-order valence-electron chi connectivity index (χ3n) is 3.87. The molecule has 2 aromatic rings. The first-order valence-electron chi connectivity index (χ1n) is 7.37. The highest BCUT2D eigenvalue weighted by atomic mass is 16.5. The zero-order valence-electron chi connectivity index (χ0n) is 12.5. The van der Waals surface area contributed by atoms with Gasteiger partial charge in [0.1, 0.15) is 6.61 Å². The predicted molar refractivity (Wildman–Crippen MR) is 84.1 cm³/mol. The number of methoxy groups -OCH3 is 1. The summed E-state index contributed by atoms with van der Waals surface area (Å²) in [6.07, 6.45) is 0.532. The lowest BCUT2D eigenvalue weighted by Gasteiger charge is -2.14. The maximum atomic E-state index is 11.4. The van der Waals surface area contributed by atoms with Crippen molar-refractivity contribution in [2.24, 2.45) is 0 Å². The number of nitrogens with one attached hydrogen (secondary N) is 1. The molecule has 0 aliphatic carbocycles. The van der Waals surface area contributed by atoms with Crippen molar-refractivity contribution in [2.45, 2.75) is 18.9 Å². The number of carbonyl (C=O) groups excluding carboxylic acids is 1. The number of carbonyl (C=O) groups is 1. The minimum Gasteiger partial charge on any atom is -0.493 e. The van der Waals surface area contributed by atoms with Crippen molar-refractivity contribution in [3.05, 3.63) is 59.7 Å².